The highest BCUT2D eigenvalue weighted by Crippen LogP contribution is 2.29. The van der Waals surface area contributed by atoms with Crippen molar-refractivity contribution in [3.63, 3.8) is 0 Å². The molecule has 0 atom stereocenters. The molecule has 5 nitrogen and oxygen atoms in total. The molecule has 1 aliphatic carbocycles. The summed E-state index contributed by atoms with van der Waals surface area (Å²) in [7, 11) is 0. The van der Waals surface area contributed by atoms with Gasteiger partial charge in [0, 0.05) is 6.42 Å². The molecular formula is C8H10N2O3. The maximum absolute atomic E-state index is 10.4. The Bertz CT molecular complexity index is 317. The van der Waals surface area contributed by atoms with Gasteiger partial charge in [-0.25, -0.2) is 4.79 Å². The number of nitrogens with zero attached hydrogens (tertiary/aromatic N) is 2. The first-order chi connectivity index (χ1) is 6.25. The van der Waals surface area contributed by atoms with E-state index in [0.717, 1.165) is 6.42 Å². The van der Waals surface area contributed by atoms with Crippen molar-refractivity contribution in [2.75, 3.05) is 0 Å². The SMILES string of the molecule is O=C(O)c1nnc(CC2CCC2)o1. The zero-order chi connectivity index (χ0) is 9.26. The van der Waals surface area contributed by atoms with Gasteiger partial charge in [0.1, 0.15) is 0 Å². The standard InChI is InChI=1S/C8H10N2O3/c11-8(12)7-10-9-6(13-7)4-5-2-1-3-5/h5H,1-4H2,(H,11,12). The van der Waals surface area contributed by atoms with Crippen molar-refractivity contribution in [1.82, 2.24) is 10.2 Å². The highest BCUT2D eigenvalue weighted by atomic mass is 16.4. The normalized spacial score (nSPS) is 16.9. The summed E-state index contributed by atoms with van der Waals surface area (Å²) < 4.78 is 4.93. The van der Waals surface area contributed by atoms with E-state index in [4.69, 9.17) is 9.52 Å². The average molecular weight is 182 g/mol. The summed E-state index contributed by atoms with van der Waals surface area (Å²) in [4.78, 5) is 10.4. The van der Waals surface area contributed by atoms with Gasteiger partial charge < -0.3 is 9.52 Å². The molecule has 0 aliphatic heterocycles. The van der Waals surface area contributed by atoms with Gasteiger partial charge >= 0.3 is 11.9 Å². The zero-order valence-corrected chi connectivity index (χ0v) is 7.06. The Hall–Kier alpha value is -1.39. The summed E-state index contributed by atoms with van der Waals surface area (Å²) >= 11 is 0. The second-order valence-electron chi connectivity index (χ2n) is 3.31. The lowest BCUT2D eigenvalue weighted by molar-refractivity contribution is 0.0650. The first-order valence-corrected chi connectivity index (χ1v) is 4.31. The second-order valence-corrected chi connectivity index (χ2v) is 3.31. The van der Waals surface area contributed by atoms with Crippen LogP contribution < -0.4 is 0 Å². The van der Waals surface area contributed by atoms with Gasteiger partial charge in [0.25, 0.3) is 0 Å². The molecule has 1 saturated carbocycles. The maximum atomic E-state index is 10.4. The summed E-state index contributed by atoms with van der Waals surface area (Å²) in [6.07, 6.45) is 4.35. The van der Waals surface area contributed by atoms with Gasteiger partial charge in [-0.3, -0.25) is 0 Å². The largest absolute Gasteiger partial charge is 0.474 e. The predicted octanol–water partition coefficient (Wildman–Crippen LogP) is 1.11. The molecule has 0 aromatic carbocycles. The second kappa shape index (κ2) is 3.16. The number of hydrogen-bond acceptors (Lipinski definition) is 4. The molecule has 0 saturated heterocycles. The Morgan fingerprint density at radius 1 is 1.54 bits per heavy atom. The van der Waals surface area contributed by atoms with Crippen LogP contribution in [0, 0.1) is 5.92 Å². The van der Waals surface area contributed by atoms with Gasteiger partial charge in [-0.2, -0.15) is 0 Å². The van der Waals surface area contributed by atoms with Crippen LogP contribution >= 0.6 is 0 Å². The van der Waals surface area contributed by atoms with Gasteiger partial charge in [-0.1, -0.05) is 6.42 Å². The quantitative estimate of drug-likeness (QED) is 0.757. The fourth-order valence-corrected chi connectivity index (χ4v) is 1.37. The molecule has 1 heterocycles. The van der Waals surface area contributed by atoms with E-state index < -0.39 is 5.97 Å². The smallest absolute Gasteiger partial charge is 0.393 e. The highest BCUT2D eigenvalue weighted by molar-refractivity contribution is 5.81. The molecule has 13 heavy (non-hydrogen) atoms. The molecule has 5 heteroatoms. The summed E-state index contributed by atoms with van der Waals surface area (Å²) in [6.45, 7) is 0. The van der Waals surface area contributed by atoms with Crippen molar-refractivity contribution < 1.29 is 14.3 Å². The Morgan fingerprint density at radius 3 is 2.77 bits per heavy atom. The number of carboxylic acid groups (broad SMARTS) is 1. The third-order valence-corrected chi connectivity index (χ3v) is 2.34. The van der Waals surface area contributed by atoms with E-state index in [1.54, 1.807) is 0 Å². The molecule has 0 spiro atoms. The van der Waals surface area contributed by atoms with E-state index in [0.29, 0.717) is 11.8 Å². The Balaban J connectivity index is 2.00. The molecule has 0 unspecified atom stereocenters. The number of aromatic nitrogens is 2. The third kappa shape index (κ3) is 1.68. The molecule has 1 fully saturated rings. The summed E-state index contributed by atoms with van der Waals surface area (Å²) in [5.74, 6) is -0.411. The van der Waals surface area contributed by atoms with Gasteiger partial charge in [0.05, 0.1) is 0 Å². The summed E-state index contributed by atoms with van der Waals surface area (Å²) in [5, 5.41) is 15.6. The van der Waals surface area contributed by atoms with Gasteiger partial charge in [0.15, 0.2) is 0 Å². The number of rotatable bonds is 3. The molecule has 1 aliphatic rings. The van der Waals surface area contributed by atoms with E-state index in [1.807, 2.05) is 0 Å². The number of hydrogen-bond donors (Lipinski definition) is 1. The molecule has 1 aromatic rings. The third-order valence-electron chi connectivity index (χ3n) is 2.34. The summed E-state index contributed by atoms with van der Waals surface area (Å²) in [6, 6.07) is 0. The van der Waals surface area contributed by atoms with Crippen molar-refractivity contribution in [1.29, 1.82) is 0 Å². The Kier molecular flexibility index (Phi) is 2.00. The number of aromatic carboxylic acids is 1. The van der Waals surface area contributed by atoms with E-state index in [-0.39, 0.29) is 5.89 Å². The topological polar surface area (TPSA) is 76.2 Å². The first-order valence-electron chi connectivity index (χ1n) is 4.31. The van der Waals surface area contributed by atoms with E-state index >= 15 is 0 Å². The molecule has 0 bridgehead atoms. The molecule has 70 valence electrons. The van der Waals surface area contributed by atoms with Gasteiger partial charge in [-0.05, 0) is 18.8 Å². The van der Waals surface area contributed by atoms with Gasteiger partial charge in [0.2, 0.25) is 5.89 Å². The van der Waals surface area contributed by atoms with Crippen LogP contribution in [-0.4, -0.2) is 21.3 Å². The van der Waals surface area contributed by atoms with Crippen molar-refractivity contribution in [3.05, 3.63) is 11.8 Å². The van der Waals surface area contributed by atoms with E-state index in [1.165, 1.54) is 19.3 Å². The van der Waals surface area contributed by atoms with Crippen LogP contribution in [0.4, 0.5) is 0 Å². The van der Waals surface area contributed by atoms with Crippen LogP contribution in [0.1, 0.15) is 35.8 Å². The Labute approximate surface area is 74.8 Å². The minimum Gasteiger partial charge on any atom is -0.474 e. The lowest BCUT2D eigenvalue weighted by Gasteiger charge is -2.23. The lowest BCUT2D eigenvalue weighted by atomic mass is 9.83. The van der Waals surface area contributed by atoms with E-state index in [2.05, 4.69) is 10.2 Å². The van der Waals surface area contributed by atoms with Crippen LogP contribution in [-0.2, 0) is 6.42 Å². The molecule has 1 N–H and O–H groups in total. The highest BCUT2D eigenvalue weighted by Gasteiger charge is 2.21. The molecular weight excluding hydrogens is 172 g/mol. The molecule has 1 aromatic heterocycles. The molecule has 0 amide bonds. The van der Waals surface area contributed by atoms with Crippen LogP contribution in [0.3, 0.4) is 0 Å². The van der Waals surface area contributed by atoms with Crippen LogP contribution in [0.2, 0.25) is 0 Å². The minimum absolute atomic E-state index is 0.311. The van der Waals surface area contributed by atoms with Crippen molar-refractivity contribution in [2.24, 2.45) is 5.92 Å². The number of carboxylic acids is 1. The lowest BCUT2D eigenvalue weighted by Crippen LogP contribution is -2.13. The number of carbonyl (C=O) groups is 1. The zero-order valence-electron chi connectivity index (χ0n) is 7.06. The van der Waals surface area contributed by atoms with Crippen molar-refractivity contribution in [3.8, 4) is 0 Å². The molecule has 2 rings (SSSR count). The fourth-order valence-electron chi connectivity index (χ4n) is 1.37. The maximum Gasteiger partial charge on any atom is 0.393 e. The van der Waals surface area contributed by atoms with Crippen molar-refractivity contribution in [2.45, 2.75) is 25.7 Å². The monoisotopic (exact) mass is 182 g/mol. The van der Waals surface area contributed by atoms with E-state index in [9.17, 15) is 4.79 Å². The summed E-state index contributed by atoms with van der Waals surface area (Å²) in [5.41, 5.74) is 0. The fraction of sp³-hybridized carbons (Fsp3) is 0.625. The van der Waals surface area contributed by atoms with Crippen molar-refractivity contribution >= 4 is 5.97 Å². The van der Waals surface area contributed by atoms with Crippen LogP contribution in [0.5, 0.6) is 0 Å². The average Bonchev–Trinajstić information content (AvgIpc) is 2.44. The van der Waals surface area contributed by atoms with Gasteiger partial charge in [-0.15, -0.1) is 10.2 Å². The Morgan fingerprint density at radius 2 is 2.31 bits per heavy atom. The van der Waals surface area contributed by atoms with Crippen LogP contribution in [0.15, 0.2) is 4.42 Å². The molecule has 0 radical (unpaired) electrons. The first kappa shape index (κ1) is 8.22. The van der Waals surface area contributed by atoms with Crippen LogP contribution in [0.25, 0.3) is 0 Å². The minimum atomic E-state index is -1.16. The predicted molar refractivity (Wildman–Crippen MR) is 42.3 cm³/mol.